The van der Waals surface area contributed by atoms with Crippen LogP contribution in [0.2, 0.25) is 0 Å². The van der Waals surface area contributed by atoms with Crippen molar-refractivity contribution in [1.29, 1.82) is 0 Å². The molecule has 3 heteroatoms. The third kappa shape index (κ3) is 2.98. The molecule has 14 heavy (non-hydrogen) atoms. The van der Waals surface area contributed by atoms with Crippen LogP contribution in [-0.4, -0.2) is 29.9 Å². The van der Waals surface area contributed by atoms with Crippen LogP contribution in [0.15, 0.2) is 0 Å². The zero-order valence-electron chi connectivity index (χ0n) is 10.1. The number of hydrogen-bond acceptors (Lipinski definition) is 2. The minimum atomic E-state index is -0.236. The second kappa shape index (κ2) is 5.35. The van der Waals surface area contributed by atoms with Gasteiger partial charge in [0.1, 0.15) is 0 Å². The summed E-state index contributed by atoms with van der Waals surface area (Å²) in [7, 11) is 1.84. The lowest BCUT2D eigenvalue weighted by Gasteiger charge is -2.36. The van der Waals surface area contributed by atoms with E-state index in [0.717, 1.165) is 12.8 Å². The number of carbonyl (C=O) groups is 1. The summed E-state index contributed by atoms with van der Waals surface area (Å²) >= 11 is 0. The van der Waals surface area contributed by atoms with E-state index < -0.39 is 0 Å². The van der Waals surface area contributed by atoms with Crippen molar-refractivity contribution in [1.82, 2.24) is 4.90 Å². The Labute approximate surface area is 87.6 Å². The van der Waals surface area contributed by atoms with Gasteiger partial charge in [0.25, 0.3) is 0 Å². The van der Waals surface area contributed by atoms with E-state index in [-0.39, 0.29) is 17.4 Å². The van der Waals surface area contributed by atoms with Crippen LogP contribution in [0.25, 0.3) is 0 Å². The second-order valence-electron chi connectivity index (χ2n) is 4.43. The SMILES string of the molecule is CCC(CC)C(=O)N(C)C(C)(C)CN. The highest BCUT2D eigenvalue weighted by atomic mass is 16.2. The Morgan fingerprint density at radius 3 is 2.07 bits per heavy atom. The molecule has 0 fully saturated rings. The lowest BCUT2D eigenvalue weighted by molar-refractivity contribution is -0.139. The molecule has 0 aromatic carbocycles. The Morgan fingerprint density at radius 2 is 1.79 bits per heavy atom. The minimum Gasteiger partial charge on any atom is -0.339 e. The first-order valence-corrected chi connectivity index (χ1v) is 5.38. The molecule has 0 aromatic rings. The monoisotopic (exact) mass is 200 g/mol. The van der Waals surface area contributed by atoms with Crippen LogP contribution in [0.1, 0.15) is 40.5 Å². The number of amides is 1. The van der Waals surface area contributed by atoms with Gasteiger partial charge in [0.15, 0.2) is 0 Å². The topological polar surface area (TPSA) is 46.3 Å². The molecule has 3 nitrogen and oxygen atoms in total. The van der Waals surface area contributed by atoms with Gasteiger partial charge < -0.3 is 10.6 Å². The minimum absolute atomic E-state index is 0.144. The van der Waals surface area contributed by atoms with Gasteiger partial charge in [-0.1, -0.05) is 13.8 Å². The van der Waals surface area contributed by atoms with Gasteiger partial charge in [0.2, 0.25) is 5.91 Å². The second-order valence-corrected chi connectivity index (χ2v) is 4.43. The largest absolute Gasteiger partial charge is 0.339 e. The summed E-state index contributed by atoms with van der Waals surface area (Å²) < 4.78 is 0. The first-order valence-electron chi connectivity index (χ1n) is 5.38. The van der Waals surface area contributed by atoms with Crippen molar-refractivity contribution in [2.75, 3.05) is 13.6 Å². The molecule has 0 spiro atoms. The molecule has 0 aliphatic carbocycles. The summed E-state index contributed by atoms with van der Waals surface area (Å²) in [6.07, 6.45) is 1.81. The van der Waals surface area contributed by atoms with Crippen LogP contribution in [0.5, 0.6) is 0 Å². The van der Waals surface area contributed by atoms with E-state index in [9.17, 15) is 4.79 Å². The first kappa shape index (κ1) is 13.4. The van der Waals surface area contributed by atoms with Crippen LogP contribution in [0.3, 0.4) is 0 Å². The van der Waals surface area contributed by atoms with E-state index in [1.54, 1.807) is 4.90 Å². The summed E-state index contributed by atoms with van der Waals surface area (Å²) in [5, 5.41) is 0. The van der Waals surface area contributed by atoms with E-state index in [2.05, 4.69) is 13.8 Å². The number of likely N-dealkylation sites (N-methyl/N-ethyl adjacent to an activating group) is 1. The highest BCUT2D eigenvalue weighted by Crippen LogP contribution is 2.17. The smallest absolute Gasteiger partial charge is 0.225 e. The Balaban J connectivity index is 4.52. The van der Waals surface area contributed by atoms with Gasteiger partial charge in [-0.2, -0.15) is 0 Å². The van der Waals surface area contributed by atoms with Crippen molar-refractivity contribution in [2.24, 2.45) is 11.7 Å². The maximum Gasteiger partial charge on any atom is 0.225 e. The van der Waals surface area contributed by atoms with Crippen molar-refractivity contribution < 1.29 is 4.79 Å². The molecule has 0 saturated heterocycles. The highest BCUT2D eigenvalue weighted by Gasteiger charge is 2.29. The summed E-state index contributed by atoms with van der Waals surface area (Å²) in [5.74, 6) is 0.358. The first-order chi connectivity index (χ1) is 6.40. The number of carbonyl (C=O) groups excluding carboxylic acids is 1. The van der Waals surface area contributed by atoms with Gasteiger partial charge in [-0.05, 0) is 26.7 Å². The number of rotatable bonds is 5. The van der Waals surface area contributed by atoms with E-state index >= 15 is 0 Å². The number of nitrogens with two attached hydrogens (primary N) is 1. The molecule has 0 unspecified atom stereocenters. The molecular formula is C11H24N2O. The average molecular weight is 200 g/mol. The summed E-state index contributed by atoms with van der Waals surface area (Å²) in [6.45, 7) is 8.58. The van der Waals surface area contributed by atoms with Gasteiger partial charge in [-0.3, -0.25) is 4.79 Å². The van der Waals surface area contributed by atoms with Gasteiger partial charge in [-0.15, -0.1) is 0 Å². The lowest BCUT2D eigenvalue weighted by atomic mass is 9.97. The van der Waals surface area contributed by atoms with Crippen molar-refractivity contribution >= 4 is 5.91 Å². The van der Waals surface area contributed by atoms with Crippen molar-refractivity contribution in [3.05, 3.63) is 0 Å². The van der Waals surface area contributed by atoms with E-state index in [0.29, 0.717) is 6.54 Å². The number of nitrogens with zero attached hydrogens (tertiary/aromatic N) is 1. The van der Waals surface area contributed by atoms with Crippen LogP contribution in [0.4, 0.5) is 0 Å². The zero-order chi connectivity index (χ0) is 11.4. The third-order valence-electron chi connectivity index (χ3n) is 3.07. The Bertz CT molecular complexity index is 186. The molecule has 0 radical (unpaired) electrons. The quantitative estimate of drug-likeness (QED) is 0.733. The summed E-state index contributed by atoms with van der Waals surface area (Å²) in [6, 6.07) is 0. The number of hydrogen-bond donors (Lipinski definition) is 1. The van der Waals surface area contributed by atoms with Crippen molar-refractivity contribution in [3.8, 4) is 0 Å². The molecule has 0 aliphatic rings. The predicted octanol–water partition coefficient (Wildman–Crippen LogP) is 1.62. The molecule has 1 amide bonds. The maximum absolute atomic E-state index is 12.0. The van der Waals surface area contributed by atoms with E-state index in [1.807, 2.05) is 20.9 Å². The molecule has 84 valence electrons. The maximum atomic E-state index is 12.0. The van der Waals surface area contributed by atoms with E-state index in [1.165, 1.54) is 0 Å². The Hall–Kier alpha value is -0.570. The lowest BCUT2D eigenvalue weighted by Crippen LogP contribution is -2.51. The van der Waals surface area contributed by atoms with Crippen molar-refractivity contribution in [2.45, 2.75) is 46.1 Å². The van der Waals surface area contributed by atoms with Crippen molar-refractivity contribution in [3.63, 3.8) is 0 Å². The zero-order valence-corrected chi connectivity index (χ0v) is 10.1. The molecule has 0 aromatic heterocycles. The molecule has 0 saturated carbocycles. The summed E-state index contributed by atoms with van der Waals surface area (Å²) in [5.41, 5.74) is 5.40. The average Bonchev–Trinajstić information content (AvgIpc) is 2.18. The third-order valence-corrected chi connectivity index (χ3v) is 3.07. The molecular weight excluding hydrogens is 176 g/mol. The van der Waals surface area contributed by atoms with Gasteiger partial charge in [-0.25, -0.2) is 0 Å². The molecule has 0 rings (SSSR count). The van der Waals surface area contributed by atoms with E-state index in [4.69, 9.17) is 5.73 Å². The Morgan fingerprint density at radius 1 is 1.36 bits per heavy atom. The molecule has 0 bridgehead atoms. The van der Waals surface area contributed by atoms with Gasteiger partial charge >= 0.3 is 0 Å². The fourth-order valence-corrected chi connectivity index (χ4v) is 1.35. The predicted molar refractivity (Wildman–Crippen MR) is 60.0 cm³/mol. The fraction of sp³-hybridized carbons (Fsp3) is 0.909. The normalized spacial score (nSPS) is 11.9. The Kier molecular flexibility index (Phi) is 5.13. The van der Waals surface area contributed by atoms with Gasteiger partial charge in [0, 0.05) is 25.0 Å². The van der Waals surface area contributed by atoms with Crippen LogP contribution in [0, 0.1) is 5.92 Å². The molecule has 0 heterocycles. The standard InChI is InChI=1S/C11H24N2O/c1-6-9(7-2)10(14)13(5)11(3,4)8-12/h9H,6-8,12H2,1-5H3. The summed E-state index contributed by atoms with van der Waals surface area (Å²) in [4.78, 5) is 13.8. The van der Waals surface area contributed by atoms with Crippen LogP contribution in [-0.2, 0) is 4.79 Å². The fourth-order valence-electron chi connectivity index (χ4n) is 1.35. The van der Waals surface area contributed by atoms with Crippen LogP contribution >= 0.6 is 0 Å². The van der Waals surface area contributed by atoms with Crippen LogP contribution < -0.4 is 5.73 Å². The molecule has 0 atom stereocenters. The van der Waals surface area contributed by atoms with Gasteiger partial charge in [0.05, 0.1) is 0 Å². The highest BCUT2D eigenvalue weighted by molar-refractivity contribution is 5.79. The molecule has 2 N–H and O–H groups in total. The molecule has 0 aliphatic heterocycles.